The average molecular weight is 334 g/mol. The van der Waals surface area contributed by atoms with Gasteiger partial charge in [-0.1, -0.05) is 34.1 Å². The highest BCUT2D eigenvalue weighted by Gasteiger charge is 2.14. The van der Waals surface area contributed by atoms with Crippen molar-refractivity contribution in [2.75, 3.05) is 12.4 Å². The van der Waals surface area contributed by atoms with Crippen LogP contribution in [0.25, 0.3) is 0 Å². The molecule has 20 heavy (non-hydrogen) atoms. The van der Waals surface area contributed by atoms with E-state index in [4.69, 9.17) is 0 Å². The van der Waals surface area contributed by atoms with E-state index in [1.165, 1.54) is 7.11 Å². The Morgan fingerprint density at radius 3 is 2.55 bits per heavy atom. The molecule has 4 nitrogen and oxygen atoms in total. The van der Waals surface area contributed by atoms with Crippen LogP contribution >= 0.6 is 15.9 Å². The maximum atomic E-state index is 12.1. The molecule has 0 aliphatic rings. The number of amides is 1. The summed E-state index contributed by atoms with van der Waals surface area (Å²) in [5.41, 5.74) is 1.24. The third-order valence-corrected chi connectivity index (χ3v) is 3.16. The Morgan fingerprint density at radius 2 is 1.85 bits per heavy atom. The summed E-state index contributed by atoms with van der Waals surface area (Å²) in [7, 11) is 1.30. The lowest BCUT2D eigenvalue weighted by Crippen LogP contribution is -2.15. The Morgan fingerprint density at radius 1 is 1.10 bits per heavy atom. The number of ether oxygens (including phenoxy) is 1. The number of carbonyl (C=O) groups excluding carboxylic acids is 2. The number of halogens is 1. The molecule has 0 unspecified atom stereocenters. The molecule has 2 rings (SSSR count). The molecule has 0 saturated carbocycles. The van der Waals surface area contributed by atoms with Gasteiger partial charge in [-0.05, 0) is 30.3 Å². The van der Waals surface area contributed by atoms with Crippen LogP contribution in [0.2, 0.25) is 0 Å². The molecule has 1 N–H and O–H groups in total. The second-order valence-electron chi connectivity index (χ2n) is 4.00. The second-order valence-corrected chi connectivity index (χ2v) is 4.92. The standard InChI is InChI=1S/C15H12BrNO3/c1-20-15(19)12-7-2-3-8-13(12)17-14(18)10-5-4-6-11(16)9-10/h2-9H,1H3,(H,17,18). The van der Waals surface area contributed by atoms with Gasteiger partial charge in [-0.25, -0.2) is 4.79 Å². The van der Waals surface area contributed by atoms with E-state index in [1.54, 1.807) is 42.5 Å². The van der Waals surface area contributed by atoms with Gasteiger partial charge in [0.25, 0.3) is 5.91 Å². The van der Waals surface area contributed by atoms with Crippen molar-refractivity contribution in [1.82, 2.24) is 0 Å². The fourth-order valence-electron chi connectivity index (χ4n) is 1.70. The molecule has 0 spiro atoms. The molecule has 0 bridgehead atoms. The van der Waals surface area contributed by atoms with Crippen LogP contribution in [0.4, 0.5) is 5.69 Å². The van der Waals surface area contributed by atoms with Crippen molar-refractivity contribution in [1.29, 1.82) is 0 Å². The van der Waals surface area contributed by atoms with Crippen LogP contribution in [-0.2, 0) is 4.74 Å². The van der Waals surface area contributed by atoms with Crippen molar-refractivity contribution < 1.29 is 14.3 Å². The summed E-state index contributed by atoms with van der Waals surface area (Å²) in [4.78, 5) is 23.8. The zero-order valence-electron chi connectivity index (χ0n) is 10.7. The first kappa shape index (κ1) is 14.3. The molecular weight excluding hydrogens is 322 g/mol. The fraction of sp³-hybridized carbons (Fsp3) is 0.0667. The van der Waals surface area contributed by atoms with Gasteiger partial charge < -0.3 is 10.1 Å². The zero-order chi connectivity index (χ0) is 14.5. The maximum Gasteiger partial charge on any atom is 0.339 e. The highest BCUT2D eigenvalue weighted by Crippen LogP contribution is 2.18. The molecule has 0 atom stereocenters. The number of benzene rings is 2. The van der Waals surface area contributed by atoms with Crippen LogP contribution in [0, 0.1) is 0 Å². The Labute approximate surface area is 124 Å². The lowest BCUT2D eigenvalue weighted by molar-refractivity contribution is 0.0602. The van der Waals surface area contributed by atoms with Gasteiger partial charge in [-0.2, -0.15) is 0 Å². The van der Waals surface area contributed by atoms with Gasteiger partial charge in [0.2, 0.25) is 0 Å². The Hall–Kier alpha value is -2.14. The molecule has 0 aliphatic carbocycles. The van der Waals surface area contributed by atoms with Gasteiger partial charge in [0.05, 0.1) is 18.4 Å². The highest BCUT2D eigenvalue weighted by molar-refractivity contribution is 9.10. The minimum absolute atomic E-state index is 0.289. The number of hydrogen-bond donors (Lipinski definition) is 1. The lowest BCUT2D eigenvalue weighted by Gasteiger charge is -2.09. The summed E-state index contributed by atoms with van der Waals surface area (Å²) in [6.45, 7) is 0. The van der Waals surface area contributed by atoms with Gasteiger partial charge >= 0.3 is 5.97 Å². The van der Waals surface area contributed by atoms with E-state index in [-0.39, 0.29) is 5.91 Å². The summed E-state index contributed by atoms with van der Waals surface area (Å²) in [5, 5.41) is 2.71. The van der Waals surface area contributed by atoms with Crippen LogP contribution in [-0.4, -0.2) is 19.0 Å². The molecule has 0 heterocycles. The van der Waals surface area contributed by atoms with E-state index < -0.39 is 5.97 Å². The van der Waals surface area contributed by atoms with Crippen LogP contribution in [0.15, 0.2) is 53.0 Å². The largest absolute Gasteiger partial charge is 0.465 e. The van der Waals surface area contributed by atoms with Crippen molar-refractivity contribution in [2.24, 2.45) is 0 Å². The third kappa shape index (κ3) is 3.24. The van der Waals surface area contributed by atoms with Crippen molar-refractivity contribution in [3.05, 3.63) is 64.1 Å². The number of carbonyl (C=O) groups is 2. The van der Waals surface area contributed by atoms with Crippen molar-refractivity contribution in [3.8, 4) is 0 Å². The molecule has 2 aromatic carbocycles. The fourth-order valence-corrected chi connectivity index (χ4v) is 2.10. The summed E-state index contributed by atoms with van der Waals surface area (Å²) >= 11 is 3.31. The van der Waals surface area contributed by atoms with Crippen LogP contribution < -0.4 is 5.32 Å². The molecule has 102 valence electrons. The first-order valence-corrected chi connectivity index (χ1v) is 6.65. The van der Waals surface area contributed by atoms with Gasteiger partial charge in [-0.3, -0.25) is 4.79 Å². The smallest absolute Gasteiger partial charge is 0.339 e. The molecule has 1 amide bonds. The number of anilines is 1. The van der Waals surface area contributed by atoms with Crippen LogP contribution in [0.3, 0.4) is 0 Å². The summed E-state index contributed by atoms with van der Waals surface area (Å²) in [6, 6.07) is 13.7. The normalized spacial score (nSPS) is 9.90. The van der Waals surface area contributed by atoms with Crippen LogP contribution in [0.5, 0.6) is 0 Å². The third-order valence-electron chi connectivity index (χ3n) is 2.67. The molecule has 0 aliphatic heterocycles. The number of hydrogen-bond acceptors (Lipinski definition) is 3. The predicted octanol–water partition coefficient (Wildman–Crippen LogP) is 3.49. The number of rotatable bonds is 3. The van der Waals surface area contributed by atoms with Crippen molar-refractivity contribution in [3.63, 3.8) is 0 Å². The first-order valence-electron chi connectivity index (χ1n) is 5.86. The molecule has 0 aromatic heterocycles. The Balaban J connectivity index is 2.26. The highest BCUT2D eigenvalue weighted by atomic mass is 79.9. The second kappa shape index (κ2) is 6.34. The minimum Gasteiger partial charge on any atom is -0.465 e. The molecule has 0 radical (unpaired) electrons. The maximum absolute atomic E-state index is 12.1. The van der Waals surface area contributed by atoms with E-state index in [1.807, 2.05) is 6.07 Å². The zero-order valence-corrected chi connectivity index (χ0v) is 12.3. The predicted molar refractivity (Wildman–Crippen MR) is 79.9 cm³/mol. The number of esters is 1. The van der Waals surface area contributed by atoms with Crippen molar-refractivity contribution in [2.45, 2.75) is 0 Å². The monoisotopic (exact) mass is 333 g/mol. The van der Waals surface area contributed by atoms with Gasteiger partial charge in [0.1, 0.15) is 0 Å². The Kier molecular flexibility index (Phi) is 4.53. The van der Waals surface area contributed by atoms with E-state index in [9.17, 15) is 9.59 Å². The summed E-state index contributed by atoms with van der Waals surface area (Å²) < 4.78 is 5.50. The lowest BCUT2D eigenvalue weighted by atomic mass is 10.1. The van der Waals surface area contributed by atoms with E-state index >= 15 is 0 Å². The van der Waals surface area contributed by atoms with Crippen LogP contribution in [0.1, 0.15) is 20.7 Å². The SMILES string of the molecule is COC(=O)c1ccccc1NC(=O)c1cccc(Br)c1. The molecule has 0 saturated heterocycles. The first-order chi connectivity index (χ1) is 9.61. The van der Waals surface area contributed by atoms with Gasteiger partial charge in [0, 0.05) is 10.0 Å². The Bertz CT molecular complexity index is 655. The topological polar surface area (TPSA) is 55.4 Å². The molecular formula is C15H12BrNO3. The van der Waals surface area contributed by atoms with Gasteiger partial charge in [0.15, 0.2) is 0 Å². The number of nitrogens with one attached hydrogen (secondary N) is 1. The molecule has 0 fully saturated rings. The van der Waals surface area contributed by atoms with Gasteiger partial charge in [-0.15, -0.1) is 0 Å². The van der Waals surface area contributed by atoms with Crippen molar-refractivity contribution >= 4 is 33.5 Å². The number of para-hydroxylation sites is 1. The quantitative estimate of drug-likeness (QED) is 0.875. The van der Waals surface area contributed by atoms with E-state index in [0.29, 0.717) is 16.8 Å². The summed E-state index contributed by atoms with van der Waals surface area (Å²) in [5.74, 6) is -0.780. The minimum atomic E-state index is -0.491. The number of methoxy groups -OCH3 is 1. The molecule has 2 aromatic rings. The summed E-state index contributed by atoms with van der Waals surface area (Å²) in [6.07, 6.45) is 0. The molecule has 5 heteroatoms. The average Bonchev–Trinajstić information content (AvgIpc) is 2.47. The van der Waals surface area contributed by atoms with E-state index in [0.717, 1.165) is 4.47 Å². The van der Waals surface area contributed by atoms with E-state index in [2.05, 4.69) is 26.0 Å².